The van der Waals surface area contributed by atoms with Crippen molar-refractivity contribution in [3.05, 3.63) is 42.1 Å². The van der Waals surface area contributed by atoms with Gasteiger partial charge in [-0.15, -0.1) is 0 Å². The molecule has 0 saturated carbocycles. The minimum absolute atomic E-state index is 0.733. The van der Waals surface area contributed by atoms with Crippen molar-refractivity contribution in [1.82, 2.24) is 0 Å². The molecule has 0 spiro atoms. The molecule has 0 N–H and O–H groups in total. The second-order valence-electron chi connectivity index (χ2n) is 4.47. The standard InChI is InChI=1S/C14H20N3/c1-4-16(14-8-6-5-7-9-14)17(3)12-15-11-10-13(17)2/h5-11H,4,12H2,1-3H3/q+1. The molecule has 0 aliphatic carbocycles. The number of quaternary nitrogens is 1. The van der Waals surface area contributed by atoms with Gasteiger partial charge in [-0.05, 0) is 19.1 Å². The third-order valence-corrected chi connectivity index (χ3v) is 3.42. The molecule has 90 valence electrons. The molecule has 17 heavy (non-hydrogen) atoms. The molecule has 3 heteroatoms. The molecular formula is C14H20N3+. The first-order valence-electron chi connectivity index (χ1n) is 6.04. The van der Waals surface area contributed by atoms with Gasteiger partial charge in [0.1, 0.15) is 5.70 Å². The molecule has 0 bridgehead atoms. The molecule has 3 nitrogen and oxygen atoms in total. The van der Waals surface area contributed by atoms with E-state index in [1.54, 1.807) is 0 Å². The minimum Gasteiger partial charge on any atom is -0.235 e. The number of nitrogens with zero attached hydrogens (tertiary/aromatic N) is 3. The Balaban J connectivity index is 2.37. The fraction of sp³-hybridized carbons (Fsp3) is 0.357. The Labute approximate surface area is 103 Å². The highest BCUT2D eigenvalue weighted by atomic mass is 15.8. The summed E-state index contributed by atoms with van der Waals surface area (Å²) < 4.78 is 0.733. The summed E-state index contributed by atoms with van der Waals surface area (Å²) in [7, 11) is 2.21. The molecule has 0 amide bonds. The molecule has 0 saturated heterocycles. The van der Waals surface area contributed by atoms with Gasteiger partial charge < -0.3 is 0 Å². The molecule has 2 rings (SSSR count). The lowest BCUT2D eigenvalue weighted by Gasteiger charge is -2.43. The van der Waals surface area contributed by atoms with Gasteiger partial charge in [0.15, 0.2) is 6.67 Å². The van der Waals surface area contributed by atoms with Crippen LogP contribution in [0.5, 0.6) is 0 Å². The van der Waals surface area contributed by atoms with Crippen molar-refractivity contribution in [2.75, 3.05) is 25.3 Å². The lowest BCUT2D eigenvalue weighted by Crippen LogP contribution is -2.57. The maximum Gasteiger partial charge on any atom is 0.199 e. The highest BCUT2D eigenvalue weighted by molar-refractivity contribution is 5.72. The van der Waals surface area contributed by atoms with Crippen LogP contribution < -0.4 is 5.01 Å². The molecule has 1 aromatic carbocycles. The normalized spacial score (nSPS) is 23.4. The quantitative estimate of drug-likeness (QED) is 0.729. The van der Waals surface area contributed by atoms with Gasteiger partial charge in [-0.1, -0.05) is 18.2 Å². The van der Waals surface area contributed by atoms with E-state index < -0.39 is 0 Å². The molecular weight excluding hydrogens is 210 g/mol. The number of anilines is 1. The van der Waals surface area contributed by atoms with Crippen LogP contribution >= 0.6 is 0 Å². The molecule has 1 aromatic rings. The Bertz CT molecular complexity index is 436. The number of aliphatic imine (C=N–C) groups is 1. The predicted molar refractivity (Wildman–Crippen MR) is 72.8 cm³/mol. The van der Waals surface area contributed by atoms with E-state index in [1.807, 2.05) is 12.3 Å². The first-order valence-corrected chi connectivity index (χ1v) is 6.04. The summed E-state index contributed by atoms with van der Waals surface area (Å²) in [5.74, 6) is 0. The van der Waals surface area contributed by atoms with Crippen molar-refractivity contribution in [3.8, 4) is 0 Å². The lowest BCUT2D eigenvalue weighted by atomic mass is 10.3. The maximum absolute atomic E-state index is 4.40. The van der Waals surface area contributed by atoms with Crippen molar-refractivity contribution < 1.29 is 4.59 Å². The average Bonchev–Trinajstić information content (AvgIpc) is 2.35. The van der Waals surface area contributed by atoms with Gasteiger partial charge in [-0.25, -0.2) is 10.0 Å². The summed E-state index contributed by atoms with van der Waals surface area (Å²) in [6.07, 6.45) is 3.99. The Morgan fingerprint density at radius 2 is 2.00 bits per heavy atom. The highest BCUT2D eigenvalue weighted by Crippen LogP contribution is 2.26. The van der Waals surface area contributed by atoms with Crippen LogP contribution in [0.1, 0.15) is 13.8 Å². The zero-order valence-corrected chi connectivity index (χ0v) is 10.8. The zero-order valence-electron chi connectivity index (χ0n) is 10.8. The second-order valence-corrected chi connectivity index (χ2v) is 4.47. The van der Waals surface area contributed by atoms with Crippen LogP contribution in [0, 0.1) is 0 Å². The Morgan fingerprint density at radius 1 is 1.29 bits per heavy atom. The fourth-order valence-electron chi connectivity index (χ4n) is 2.26. The van der Waals surface area contributed by atoms with Crippen molar-refractivity contribution >= 4 is 11.9 Å². The highest BCUT2D eigenvalue weighted by Gasteiger charge is 2.33. The zero-order chi connectivity index (χ0) is 12.3. The largest absolute Gasteiger partial charge is 0.235 e. The molecule has 1 heterocycles. The predicted octanol–water partition coefficient (Wildman–Crippen LogP) is 2.82. The summed E-state index contributed by atoms with van der Waals surface area (Å²) in [5, 5.41) is 2.36. The van der Waals surface area contributed by atoms with Crippen LogP contribution in [0.25, 0.3) is 0 Å². The van der Waals surface area contributed by atoms with E-state index in [1.165, 1.54) is 11.4 Å². The smallest absolute Gasteiger partial charge is 0.199 e. The van der Waals surface area contributed by atoms with Gasteiger partial charge in [0.05, 0.1) is 19.3 Å². The lowest BCUT2D eigenvalue weighted by molar-refractivity contribution is -0.881. The van der Waals surface area contributed by atoms with Crippen molar-refractivity contribution in [2.24, 2.45) is 4.99 Å². The summed E-state index contributed by atoms with van der Waals surface area (Å²) in [5.41, 5.74) is 2.55. The van der Waals surface area contributed by atoms with Crippen LogP contribution in [0.3, 0.4) is 0 Å². The van der Waals surface area contributed by atoms with Crippen LogP contribution in [-0.4, -0.2) is 31.1 Å². The Morgan fingerprint density at radius 3 is 2.59 bits per heavy atom. The van der Waals surface area contributed by atoms with Crippen LogP contribution in [0.15, 0.2) is 47.1 Å². The van der Waals surface area contributed by atoms with E-state index in [4.69, 9.17) is 0 Å². The Kier molecular flexibility index (Phi) is 3.29. The SMILES string of the molecule is CCN(c1ccccc1)[N+]1(C)CN=CC=C1C. The van der Waals surface area contributed by atoms with Crippen molar-refractivity contribution in [1.29, 1.82) is 0 Å². The van der Waals surface area contributed by atoms with Crippen LogP contribution in [0.4, 0.5) is 5.69 Å². The third kappa shape index (κ3) is 2.11. The van der Waals surface area contributed by atoms with Gasteiger partial charge in [0.2, 0.25) is 0 Å². The topological polar surface area (TPSA) is 15.6 Å². The van der Waals surface area contributed by atoms with Gasteiger partial charge in [0, 0.05) is 19.2 Å². The fourth-order valence-corrected chi connectivity index (χ4v) is 2.26. The molecule has 0 radical (unpaired) electrons. The number of allylic oxidation sites excluding steroid dienone is 2. The Hall–Kier alpha value is -1.61. The molecule has 1 atom stereocenters. The van der Waals surface area contributed by atoms with E-state index in [9.17, 15) is 0 Å². The average molecular weight is 230 g/mol. The van der Waals surface area contributed by atoms with Crippen LogP contribution in [0.2, 0.25) is 0 Å². The summed E-state index contributed by atoms with van der Waals surface area (Å²) >= 11 is 0. The molecule has 1 aliphatic rings. The minimum atomic E-state index is 0.733. The summed E-state index contributed by atoms with van der Waals surface area (Å²) in [4.78, 5) is 4.40. The van der Waals surface area contributed by atoms with Gasteiger partial charge in [-0.3, -0.25) is 0 Å². The number of para-hydroxylation sites is 1. The van der Waals surface area contributed by atoms with Crippen LogP contribution in [-0.2, 0) is 0 Å². The monoisotopic (exact) mass is 230 g/mol. The summed E-state index contributed by atoms with van der Waals surface area (Å²) in [6.45, 7) is 6.07. The number of hydrogen-bond donors (Lipinski definition) is 0. The first kappa shape index (κ1) is 11.9. The van der Waals surface area contributed by atoms with E-state index in [0.717, 1.165) is 17.8 Å². The molecule has 1 unspecified atom stereocenters. The van der Waals surface area contributed by atoms with E-state index in [-0.39, 0.29) is 0 Å². The molecule has 0 fully saturated rings. The van der Waals surface area contributed by atoms with Gasteiger partial charge in [-0.2, -0.15) is 4.59 Å². The number of rotatable bonds is 3. The number of hydrogen-bond acceptors (Lipinski definition) is 2. The molecule has 0 aromatic heterocycles. The van der Waals surface area contributed by atoms with Gasteiger partial charge in [0.25, 0.3) is 0 Å². The first-order chi connectivity index (χ1) is 8.18. The van der Waals surface area contributed by atoms with Crippen molar-refractivity contribution in [2.45, 2.75) is 13.8 Å². The molecule has 1 aliphatic heterocycles. The van der Waals surface area contributed by atoms with E-state index >= 15 is 0 Å². The van der Waals surface area contributed by atoms with Crippen molar-refractivity contribution in [3.63, 3.8) is 0 Å². The summed E-state index contributed by atoms with van der Waals surface area (Å²) in [6, 6.07) is 10.5. The van der Waals surface area contributed by atoms with E-state index in [2.05, 4.69) is 61.2 Å². The third-order valence-electron chi connectivity index (χ3n) is 3.42. The number of benzene rings is 1. The second kappa shape index (κ2) is 4.72. The maximum atomic E-state index is 4.40. The van der Waals surface area contributed by atoms with E-state index in [0.29, 0.717) is 0 Å². The van der Waals surface area contributed by atoms with Gasteiger partial charge >= 0.3 is 0 Å².